The Morgan fingerprint density at radius 3 is 1.63 bits per heavy atom. The van der Waals surface area contributed by atoms with E-state index in [-0.39, 0.29) is 0 Å². The molecule has 18 aromatic rings. The van der Waals surface area contributed by atoms with Crippen molar-refractivity contribution in [1.82, 2.24) is 32.9 Å². The molecule has 9 aromatic heterocycles. The predicted molar refractivity (Wildman–Crippen MR) is 310 cm³/mol. The van der Waals surface area contributed by atoms with Gasteiger partial charge in [-0.3, -0.25) is 0 Å². The molecule has 8 nitrogen and oxygen atoms in total. The lowest BCUT2D eigenvalue weighted by atomic mass is 10.0. The molecular weight excluding hydrogens is 939 g/mol. The molecule has 348 valence electrons. The number of hydrogen-bond acceptors (Lipinski definition) is 4. The Morgan fingerprint density at radius 1 is 0.333 bits per heavy atom. The third-order valence-electron chi connectivity index (χ3n) is 15.9. The van der Waals surface area contributed by atoms with Gasteiger partial charge in [0.25, 0.3) is 0 Å². The van der Waals surface area contributed by atoms with Gasteiger partial charge in [0.2, 0.25) is 0 Å². The Hall–Kier alpha value is -9.96. The van der Waals surface area contributed by atoms with Crippen LogP contribution in [0, 0.1) is 0 Å². The second kappa shape index (κ2) is 14.4. The van der Waals surface area contributed by atoms with Crippen LogP contribution in [0.4, 0.5) is 0 Å². The van der Waals surface area contributed by atoms with Crippen molar-refractivity contribution in [3.05, 3.63) is 225 Å². The molecule has 0 N–H and O–H groups in total. The molecular formula is C66H37N7OS. The van der Waals surface area contributed by atoms with E-state index >= 15 is 0 Å². The largest absolute Gasteiger partial charge is 0.456 e. The van der Waals surface area contributed by atoms with E-state index in [1.165, 1.54) is 47.2 Å². The van der Waals surface area contributed by atoms with E-state index in [1.807, 2.05) is 26.4 Å². The van der Waals surface area contributed by atoms with Gasteiger partial charge in [-0.2, -0.15) is 10.2 Å². The van der Waals surface area contributed by atoms with Gasteiger partial charge in [0.1, 0.15) is 11.2 Å². The minimum atomic E-state index is 0.892. The molecule has 0 saturated carbocycles. The molecule has 18 rings (SSSR count). The van der Waals surface area contributed by atoms with E-state index < -0.39 is 0 Å². The third-order valence-corrected chi connectivity index (χ3v) is 17.1. The fourth-order valence-corrected chi connectivity index (χ4v) is 13.9. The van der Waals surface area contributed by atoms with E-state index in [2.05, 4.69) is 232 Å². The highest BCUT2D eigenvalue weighted by Crippen LogP contribution is 2.47. The monoisotopic (exact) mass is 975 g/mol. The van der Waals surface area contributed by atoms with E-state index in [9.17, 15) is 0 Å². The molecule has 0 amide bonds. The smallest absolute Gasteiger partial charge is 0.136 e. The maximum Gasteiger partial charge on any atom is 0.136 e. The number of fused-ring (bicyclic) bond motifs is 20. The van der Waals surface area contributed by atoms with Crippen molar-refractivity contribution in [3.8, 4) is 28.2 Å². The Morgan fingerprint density at radius 2 is 0.907 bits per heavy atom. The van der Waals surface area contributed by atoms with Crippen molar-refractivity contribution in [2.24, 2.45) is 0 Å². The van der Waals surface area contributed by atoms with Crippen LogP contribution in [0.2, 0.25) is 0 Å². The summed E-state index contributed by atoms with van der Waals surface area (Å²) >= 11 is 1.85. The number of benzene rings is 9. The lowest BCUT2D eigenvalue weighted by Gasteiger charge is -2.12. The minimum Gasteiger partial charge on any atom is -0.456 e. The fourth-order valence-electron chi connectivity index (χ4n) is 12.7. The summed E-state index contributed by atoms with van der Waals surface area (Å²) in [7, 11) is 0. The van der Waals surface area contributed by atoms with Crippen LogP contribution in [0.5, 0.6) is 0 Å². The van der Waals surface area contributed by atoms with Gasteiger partial charge in [-0.15, -0.1) is 11.3 Å². The Kier molecular flexibility index (Phi) is 7.60. The highest BCUT2D eigenvalue weighted by molar-refractivity contribution is 7.26. The van der Waals surface area contributed by atoms with Crippen molar-refractivity contribution >= 4 is 141 Å². The quantitative estimate of drug-likeness (QED) is 0.177. The number of hydrogen-bond donors (Lipinski definition) is 0. The van der Waals surface area contributed by atoms with Crippen molar-refractivity contribution in [3.63, 3.8) is 0 Å². The van der Waals surface area contributed by atoms with Crippen LogP contribution in [-0.2, 0) is 0 Å². The second-order valence-corrected chi connectivity index (χ2v) is 20.9. The molecule has 9 heterocycles. The zero-order valence-electron chi connectivity index (χ0n) is 39.8. The first-order valence-corrected chi connectivity index (χ1v) is 26.1. The first kappa shape index (κ1) is 39.6. The lowest BCUT2D eigenvalue weighted by Crippen LogP contribution is -1.98. The number of para-hydroxylation sites is 3. The molecule has 0 fully saturated rings. The van der Waals surface area contributed by atoms with Gasteiger partial charge < -0.3 is 18.1 Å². The fraction of sp³-hybridized carbons (Fsp3) is 0. The molecule has 0 radical (unpaired) electrons. The number of rotatable bonds is 4. The predicted octanol–water partition coefficient (Wildman–Crippen LogP) is 17.4. The number of pyridine rings is 2. The second-order valence-electron chi connectivity index (χ2n) is 19.8. The number of aromatic nitrogens is 7. The molecule has 0 aliphatic carbocycles. The summed E-state index contributed by atoms with van der Waals surface area (Å²) < 4.78 is 20.5. The molecule has 9 aromatic carbocycles. The van der Waals surface area contributed by atoms with Crippen LogP contribution in [0.25, 0.3) is 158 Å². The van der Waals surface area contributed by atoms with E-state index in [1.54, 1.807) is 0 Å². The van der Waals surface area contributed by atoms with Gasteiger partial charge in [-0.25, -0.2) is 9.03 Å². The molecule has 75 heavy (non-hydrogen) atoms. The Balaban J connectivity index is 0.861. The van der Waals surface area contributed by atoms with Crippen molar-refractivity contribution in [2.75, 3.05) is 0 Å². The summed E-state index contributed by atoms with van der Waals surface area (Å²) in [5, 5.41) is 21.7. The topological polar surface area (TPSA) is 62.5 Å². The molecule has 9 heteroatoms. The van der Waals surface area contributed by atoms with Crippen molar-refractivity contribution in [1.29, 1.82) is 0 Å². The first-order chi connectivity index (χ1) is 37.2. The Labute approximate surface area is 428 Å². The van der Waals surface area contributed by atoms with Gasteiger partial charge in [-0.05, 0) is 114 Å². The van der Waals surface area contributed by atoms with Crippen LogP contribution in [0.3, 0.4) is 0 Å². The number of furan rings is 1. The average molecular weight is 976 g/mol. The van der Waals surface area contributed by atoms with E-state index in [0.29, 0.717) is 0 Å². The van der Waals surface area contributed by atoms with Crippen LogP contribution >= 0.6 is 11.3 Å². The molecule has 0 aliphatic rings. The summed E-state index contributed by atoms with van der Waals surface area (Å²) in [6.45, 7) is 0. The van der Waals surface area contributed by atoms with Gasteiger partial charge in [0.15, 0.2) is 0 Å². The van der Waals surface area contributed by atoms with Crippen LogP contribution in [0.1, 0.15) is 0 Å². The minimum absolute atomic E-state index is 0.892. The van der Waals surface area contributed by atoms with Gasteiger partial charge in [0.05, 0.1) is 71.2 Å². The van der Waals surface area contributed by atoms with Crippen molar-refractivity contribution < 1.29 is 4.42 Å². The first-order valence-electron chi connectivity index (χ1n) is 25.3. The van der Waals surface area contributed by atoms with Gasteiger partial charge in [0, 0.05) is 76.6 Å². The average Bonchev–Trinajstić information content (AvgIpc) is 4.34. The SMILES string of the molecule is c1cc(-c2ccc3sc4c5cc6oc7ccccc7c6cc5n(-c5cccn6nc7ccccc7c56)c4c3c2)cc(-n2c3ccccc3c3cc4c(cc32)c2ccccc2n4-c2cccn3nc4ccccc4c23)c1. The summed E-state index contributed by atoms with van der Waals surface area (Å²) in [4.78, 5) is 0. The standard InChI is InChI=1S/C66H37N7OS/c1-6-21-51-44(19-1)63-55(25-12-30-69(63)67-51)72-54-24-9-4-17-42(54)47-34-57-46(35-58(47)72)41-16-3-8-23-53(41)71(57)40-15-11-14-38(32-40)39-28-29-62-50(33-39)65-66(75-62)49-37-61-48(43-18-5-10-27-60(43)74-61)36-59(49)73(65)56-26-13-31-70-64(56)45-20-2-7-22-52(45)68-70/h1-37H. The molecule has 0 bridgehead atoms. The molecule has 0 spiro atoms. The maximum atomic E-state index is 6.54. The summed E-state index contributed by atoms with van der Waals surface area (Å²) in [5.74, 6) is 0. The highest BCUT2D eigenvalue weighted by Gasteiger charge is 2.25. The Bertz CT molecular complexity index is 5520. The van der Waals surface area contributed by atoms with Crippen LogP contribution in [-0.4, -0.2) is 32.9 Å². The van der Waals surface area contributed by atoms with Crippen molar-refractivity contribution in [2.45, 2.75) is 0 Å². The van der Waals surface area contributed by atoms with E-state index in [4.69, 9.17) is 14.6 Å². The van der Waals surface area contributed by atoms with Gasteiger partial charge in [-0.1, -0.05) is 109 Å². The molecule has 0 aliphatic heterocycles. The summed E-state index contributed by atoms with van der Waals surface area (Å²) in [5.41, 5.74) is 18.5. The highest BCUT2D eigenvalue weighted by atomic mass is 32.1. The lowest BCUT2D eigenvalue weighted by molar-refractivity contribution is 0.669. The molecule has 0 atom stereocenters. The zero-order chi connectivity index (χ0) is 48.6. The number of nitrogens with zero attached hydrogens (tertiary/aromatic N) is 7. The summed E-state index contributed by atoms with van der Waals surface area (Å²) in [6, 6.07) is 77.1. The van der Waals surface area contributed by atoms with E-state index in [0.717, 1.165) is 111 Å². The van der Waals surface area contributed by atoms with Crippen LogP contribution in [0.15, 0.2) is 229 Å². The summed E-state index contributed by atoms with van der Waals surface area (Å²) in [6.07, 6.45) is 4.11. The molecule has 0 unspecified atom stereocenters. The zero-order valence-corrected chi connectivity index (χ0v) is 40.6. The third kappa shape index (κ3) is 5.28. The maximum absolute atomic E-state index is 6.54. The molecule has 0 saturated heterocycles. The normalized spacial score (nSPS) is 12.5. The number of thiophene rings is 1. The van der Waals surface area contributed by atoms with Gasteiger partial charge >= 0.3 is 0 Å². The van der Waals surface area contributed by atoms with Crippen LogP contribution < -0.4 is 0 Å².